The highest BCUT2D eigenvalue weighted by Crippen LogP contribution is 2.63. The summed E-state index contributed by atoms with van der Waals surface area (Å²) in [6, 6.07) is 7.90. The molecule has 1 aromatic carbocycles. The molecule has 0 amide bonds. The van der Waals surface area contributed by atoms with Crippen LogP contribution in [0.2, 0.25) is 0 Å². The zero-order chi connectivity index (χ0) is 24.1. The Kier molecular flexibility index (Phi) is 6.11. The summed E-state index contributed by atoms with van der Waals surface area (Å²) in [5.41, 5.74) is 2.59. The molecule has 0 radical (unpaired) electrons. The fourth-order valence-electron chi connectivity index (χ4n) is 7.13. The van der Waals surface area contributed by atoms with E-state index in [4.69, 9.17) is 18.9 Å². The van der Waals surface area contributed by atoms with Gasteiger partial charge in [0.1, 0.15) is 18.5 Å². The molecule has 34 heavy (non-hydrogen) atoms. The van der Waals surface area contributed by atoms with Crippen LogP contribution >= 0.6 is 0 Å². The van der Waals surface area contributed by atoms with Crippen LogP contribution in [0.4, 0.5) is 0 Å². The number of fused-ring (bicyclic) bond motifs is 3. The number of hydrogen-bond acceptors (Lipinski definition) is 6. The number of methoxy groups -OCH3 is 1. The maximum absolute atomic E-state index is 12.0. The van der Waals surface area contributed by atoms with Gasteiger partial charge in [0.2, 0.25) is 0 Å². The summed E-state index contributed by atoms with van der Waals surface area (Å²) >= 11 is 0. The van der Waals surface area contributed by atoms with Crippen LogP contribution in [0.3, 0.4) is 0 Å². The average Bonchev–Trinajstić information content (AvgIpc) is 3.15. The molecule has 2 saturated carbocycles. The van der Waals surface area contributed by atoms with Crippen molar-refractivity contribution in [1.82, 2.24) is 0 Å². The van der Waals surface area contributed by atoms with Gasteiger partial charge in [0.25, 0.3) is 0 Å². The van der Waals surface area contributed by atoms with Crippen LogP contribution in [0.1, 0.15) is 57.8 Å². The molecule has 2 saturated heterocycles. The minimum atomic E-state index is -0.823. The summed E-state index contributed by atoms with van der Waals surface area (Å²) in [7, 11) is 1.66. The molecule has 1 N–H and O–H groups in total. The number of carbonyl (C=O) groups is 1. The molecule has 0 spiro atoms. The second kappa shape index (κ2) is 8.81. The second-order valence-corrected chi connectivity index (χ2v) is 10.9. The molecule has 6 nitrogen and oxygen atoms in total. The Bertz CT molecular complexity index is 983. The van der Waals surface area contributed by atoms with Gasteiger partial charge in [0.05, 0.1) is 25.4 Å². The van der Waals surface area contributed by atoms with Gasteiger partial charge >= 0.3 is 5.97 Å². The quantitative estimate of drug-likeness (QED) is 0.391. The Balaban J connectivity index is 1.35. The van der Waals surface area contributed by atoms with E-state index in [9.17, 15) is 9.90 Å². The van der Waals surface area contributed by atoms with E-state index in [1.165, 1.54) is 5.57 Å². The molecule has 1 aromatic rings. The van der Waals surface area contributed by atoms with E-state index in [0.29, 0.717) is 24.5 Å². The minimum absolute atomic E-state index is 0.0325. The predicted molar refractivity (Wildman–Crippen MR) is 127 cm³/mol. The number of esters is 1. The first kappa shape index (κ1) is 23.6. The zero-order valence-corrected chi connectivity index (χ0v) is 20.4. The standard InChI is InChI=1S/C28H36O6/c1-17-5-12-23-27(2,21(17)11-10-20-22(29)15-32-25(20)30)14-13-24-28(23,3)16-33-26(34-24)18-6-8-19(31-4)9-7-18/h6-10,21-24,26,29H,1,5,11-16H2,2-4H3/b20-10+/t21-,22-,23+,24-,26?,27+,28+/m1/s1. The van der Waals surface area contributed by atoms with E-state index in [-0.39, 0.29) is 35.7 Å². The molecule has 6 heteroatoms. The molecular weight excluding hydrogens is 432 g/mol. The third kappa shape index (κ3) is 3.80. The van der Waals surface area contributed by atoms with Crippen molar-refractivity contribution in [3.8, 4) is 5.75 Å². The van der Waals surface area contributed by atoms with Crippen molar-refractivity contribution in [3.63, 3.8) is 0 Å². The molecule has 0 bridgehead atoms. The van der Waals surface area contributed by atoms with Crippen LogP contribution in [-0.2, 0) is 19.0 Å². The normalized spacial score (nSPS) is 41.1. The van der Waals surface area contributed by atoms with Crippen LogP contribution in [0.15, 0.2) is 48.1 Å². The van der Waals surface area contributed by atoms with E-state index in [0.717, 1.165) is 37.0 Å². The number of aliphatic hydroxyl groups is 1. The Morgan fingerprint density at radius 3 is 2.65 bits per heavy atom. The number of cyclic esters (lactones) is 1. The number of benzene rings is 1. The molecule has 5 rings (SSSR count). The first-order chi connectivity index (χ1) is 16.3. The van der Waals surface area contributed by atoms with Crippen molar-refractivity contribution < 1.29 is 28.8 Å². The van der Waals surface area contributed by atoms with Gasteiger partial charge in [0, 0.05) is 11.0 Å². The lowest BCUT2D eigenvalue weighted by molar-refractivity contribution is -0.307. The monoisotopic (exact) mass is 468 g/mol. The number of aliphatic hydroxyl groups excluding tert-OH is 1. The second-order valence-electron chi connectivity index (χ2n) is 10.9. The summed E-state index contributed by atoms with van der Waals surface area (Å²) in [6.45, 7) is 9.84. The minimum Gasteiger partial charge on any atom is -0.497 e. The maximum atomic E-state index is 12.0. The summed E-state index contributed by atoms with van der Waals surface area (Å²) in [4.78, 5) is 12.0. The lowest BCUT2D eigenvalue weighted by Gasteiger charge is -2.62. The highest BCUT2D eigenvalue weighted by Gasteiger charge is 2.60. The van der Waals surface area contributed by atoms with Gasteiger partial charge < -0.3 is 24.1 Å². The summed E-state index contributed by atoms with van der Waals surface area (Å²) in [5.74, 6) is 1.09. The Morgan fingerprint density at radius 1 is 1.21 bits per heavy atom. The zero-order valence-electron chi connectivity index (χ0n) is 20.4. The van der Waals surface area contributed by atoms with Crippen molar-refractivity contribution in [2.45, 2.75) is 64.4 Å². The van der Waals surface area contributed by atoms with E-state index in [1.54, 1.807) is 7.11 Å². The molecule has 0 aromatic heterocycles. The van der Waals surface area contributed by atoms with Gasteiger partial charge in [-0.25, -0.2) is 4.79 Å². The third-order valence-corrected chi connectivity index (χ3v) is 9.08. The van der Waals surface area contributed by atoms with Gasteiger partial charge in [-0.3, -0.25) is 0 Å². The van der Waals surface area contributed by atoms with Crippen LogP contribution in [0.25, 0.3) is 0 Å². The lowest BCUT2D eigenvalue weighted by Crippen LogP contribution is -2.60. The van der Waals surface area contributed by atoms with Crippen molar-refractivity contribution in [2.24, 2.45) is 22.7 Å². The van der Waals surface area contributed by atoms with Crippen LogP contribution in [0.5, 0.6) is 5.75 Å². The molecule has 1 unspecified atom stereocenters. The average molecular weight is 469 g/mol. The van der Waals surface area contributed by atoms with Crippen LogP contribution in [-0.4, -0.2) is 43.6 Å². The summed E-state index contributed by atoms with van der Waals surface area (Å²) in [5, 5.41) is 10.1. The first-order valence-electron chi connectivity index (χ1n) is 12.4. The Hall–Kier alpha value is -2.15. The molecule has 7 atom stereocenters. The Labute approximate surface area is 201 Å². The summed E-state index contributed by atoms with van der Waals surface area (Å²) in [6.07, 6.45) is 5.57. The van der Waals surface area contributed by atoms with Gasteiger partial charge in [0.15, 0.2) is 6.29 Å². The number of carbonyl (C=O) groups excluding carboxylic acids is 1. The number of rotatable bonds is 4. The number of ether oxygens (including phenoxy) is 4. The number of allylic oxidation sites excluding steroid dienone is 2. The fraction of sp³-hybridized carbons (Fsp3) is 0.607. The molecule has 2 heterocycles. The van der Waals surface area contributed by atoms with Gasteiger partial charge in [-0.15, -0.1) is 0 Å². The highest BCUT2D eigenvalue weighted by atomic mass is 16.7. The van der Waals surface area contributed by atoms with Crippen LogP contribution < -0.4 is 4.74 Å². The molecule has 2 aliphatic heterocycles. The Morgan fingerprint density at radius 2 is 1.97 bits per heavy atom. The molecule has 4 aliphatic rings. The van der Waals surface area contributed by atoms with E-state index in [2.05, 4.69) is 20.4 Å². The maximum Gasteiger partial charge on any atom is 0.336 e. The molecule has 184 valence electrons. The molecular formula is C28H36O6. The number of hydrogen-bond donors (Lipinski definition) is 1. The molecule has 2 aliphatic carbocycles. The van der Waals surface area contributed by atoms with Crippen molar-refractivity contribution in [3.05, 3.63) is 53.6 Å². The highest BCUT2D eigenvalue weighted by molar-refractivity contribution is 5.91. The van der Waals surface area contributed by atoms with E-state index < -0.39 is 12.1 Å². The van der Waals surface area contributed by atoms with Crippen LogP contribution in [0, 0.1) is 22.7 Å². The SMILES string of the molecule is C=C1CC[C@@H]2[C@]3(C)COC(c4ccc(OC)cc4)O[C@@H]3CC[C@@]2(C)[C@@H]1C/C=C1/C(=O)OC[C@H]1O. The predicted octanol–water partition coefficient (Wildman–Crippen LogP) is 4.73. The summed E-state index contributed by atoms with van der Waals surface area (Å²) < 4.78 is 23.2. The van der Waals surface area contributed by atoms with Crippen molar-refractivity contribution in [1.29, 1.82) is 0 Å². The fourth-order valence-corrected chi connectivity index (χ4v) is 7.13. The topological polar surface area (TPSA) is 74.2 Å². The smallest absolute Gasteiger partial charge is 0.336 e. The van der Waals surface area contributed by atoms with Gasteiger partial charge in [-0.2, -0.15) is 0 Å². The van der Waals surface area contributed by atoms with E-state index in [1.807, 2.05) is 30.3 Å². The van der Waals surface area contributed by atoms with Gasteiger partial charge in [-0.05, 0) is 61.5 Å². The largest absolute Gasteiger partial charge is 0.497 e. The third-order valence-electron chi connectivity index (χ3n) is 9.08. The lowest BCUT2D eigenvalue weighted by atomic mass is 9.46. The first-order valence-corrected chi connectivity index (χ1v) is 12.4. The van der Waals surface area contributed by atoms with Crippen molar-refractivity contribution in [2.75, 3.05) is 20.3 Å². The van der Waals surface area contributed by atoms with E-state index >= 15 is 0 Å². The molecule has 4 fully saturated rings. The van der Waals surface area contributed by atoms with Gasteiger partial charge in [-0.1, -0.05) is 44.2 Å². The van der Waals surface area contributed by atoms with Crippen molar-refractivity contribution >= 4 is 5.97 Å².